The topological polar surface area (TPSA) is 99.9 Å². The fourth-order valence-electron chi connectivity index (χ4n) is 4.91. The summed E-state index contributed by atoms with van der Waals surface area (Å²) in [5.41, 5.74) is 2.87. The number of carbonyl (C=O) groups excluding carboxylic acids is 1. The van der Waals surface area contributed by atoms with Gasteiger partial charge in [0, 0.05) is 19.6 Å². The van der Waals surface area contributed by atoms with Crippen LogP contribution in [0.3, 0.4) is 0 Å². The molecule has 0 N–H and O–H groups in total. The second-order valence-corrected chi connectivity index (χ2v) is 12.5. The molecule has 0 aliphatic carbocycles. The number of nitrogens with zero attached hydrogens (tertiary/aromatic N) is 3. The van der Waals surface area contributed by atoms with E-state index in [2.05, 4.69) is 35.2 Å². The summed E-state index contributed by atoms with van der Waals surface area (Å²) in [6.45, 7) is 4.49. The normalized spacial score (nSPS) is 14.3. The van der Waals surface area contributed by atoms with Crippen molar-refractivity contribution in [2.45, 2.75) is 32.3 Å². The van der Waals surface area contributed by atoms with Gasteiger partial charge in [-0.2, -0.15) is 5.26 Å². The second kappa shape index (κ2) is 15.6. The number of sulfonamides is 1. The minimum atomic E-state index is -4.10. The van der Waals surface area contributed by atoms with E-state index in [4.69, 9.17) is 26.3 Å². The highest BCUT2D eigenvalue weighted by Crippen LogP contribution is 2.33. The van der Waals surface area contributed by atoms with Crippen LogP contribution in [0.25, 0.3) is 6.08 Å². The summed E-state index contributed by atoms with van der Waals surface area (Å²) in [6, 6.07) is 24.3. The molecule has 1 saturated heterocycles. The van der Waals surface area contributed by atoms with Crippen molar-refractivity contribution in [2.24, 2.45) is 0 Å². The SMILES string of the molecule is CCOC(=O)CS(=O)(=O)N(CC=Cc1cccc(C#N)c1)c1ccc(OC2CCN(CCc3ccccc3)CC2)c(Cl)c1. The van der Waals surface area contributed by atoms with Crippen molar-refractivity contribution in [3.05, 3.63) is 101 Å². The van der Waals surface area contributed by atoms with E-state index in [9.17, 15) is 13.2 Å². The molecule has 1 aliphatic rings. The minimum Gasteiger partial charge on any atom is -0.489 e. The highest BCUT2D eigenvalue weighted by molar-refractivity contribution is 7.93. The number of benzene rings is 3. The molecule has 43 heavy (non-hydrogen) atoms. The molecule has 8 nitrogen and oxygen atoms in total. The van der Waals surface area contributed by atoms with Gasteiger partial charge in [-0.15, -0.1) is 0 Å². The molecule has 10 heteroatoms. The zero-order chi connectivity index (χ0) is 30.7. The lowest BCUT2D eigenvalue weighted by atomic mass is 10.1. The van der Waals surface area contributed by atoms with Crippen LogP contribution in [0.5, 0.6) is 5.75 Å². The summed E-state index contributed by atoms with van der Waals surface area (Å²) >= 11 is 6.61. The van der Waals surface area contributed by atoms with Crippen molar-refractivity contribution >= 4 is 39.4 Å². The summed E-state index contributed by atoms with van der Waals surface area (Å²) in [5, 5.41) is 9.44. The van der Waals surface area contributed by atoms with Crippen molar-refractivity contribution in [2.75, 3.05) is 42.8 Å². The number of hydrogen-bond donors (Lipinski definition) is 0. The molecule has 1 fully saturated rings. The number of rotatable bonds is 13. The van der Waals surface area contributed by atoms with E-state index in [-0.39, 0.29) is 24.3 Å². The van der Waals surface area contributed by atoms with Crippen LogP contribution in [0.2, 0.25) is 5.02 Å². The third-order valence-electron chi connectivity index (χ3n) is 7.13. The summed E-state index contributed by atoms with van der Waals surface area (Å²) in [4.78, 5) is 14.6. The molecule has 4 rings (SSSR count). The van der Waals surface area contributed by atoms with E-state index >= 15 is 0 Å². The Balaban J connectivity index is 1.42. The van der Waals surface area contributed by atoms with Gasteiger partial charge in [0.2, 0.25) is 10.0 Å². The molecule has 0 amide bonds. The first kappa shape index (κ1) is 32.1. The largest absolute Gasteiger partial charge is 0.489 e. The van der Waals surface area contributed by atoms with Crippen molar-refractivity contribution < 1.29 is 22.7 Å². The molecule has 0 saturated carbocycles. The van der Waals surface area contributed by atoms with E-state index in [1.54, 1.807) is 55.5 Å². The Kier molecular flexibility index (Phi) is 11.6. The van der Waals surface area contributed by atoms with Crippen LogP contribution in [0.4, 0.5) is 5.69 Å². The van der Waals surface area contributed by atoms with Crippen molar-refractivity contribution in [3.63, 3.8) is 0 Å². The predicted molar refractivity (Wildman–Crippen MR) is 170 cm³/mol. The summed E-state index contributed by atoms with van der Waals surface area (Å²) < 4.78 is 38.9. The monoisotopic (exact) mass is 621 g/mol. The van der Waals surface area contributed by atoms with Crippen molar-refractivity contribution in [1.29, 1.82) is 5.26 Å². The third kappa shape index (κ3) is 9.58. The zero-order valence-corrected chi connectivity index (χ0v) is 25.8. The molecule has 0 bridgehead atoms. The molecule has 0 atom stereocenters. The van der Waals surface area contributed by atoms with Crippen molar-refractivity contribution in [1.82, 2.24) is 4.90 Å². The molecule has 0 unspecified atom stereocenters. The van der Waals surface area contributed by atoms with Crippen LogP contribution in [-0.2, 0) is 26.0 Å². The van der Waals surface area contributed by atoms with Gasteiger partial charge in [-0.05, 0) is 67.6 Å². The number of esters is 1. The first-order chi connectivity index (χ1) is 20.8. The Bertz CT molecular complexity index is 1550. The number of anilines is 1. The Morgan fingerprint density at radius 1 is 1.09 bits per heavy atom. The van der Waals surface area contributed by atoms with Gasteiger partial charge in [0.25, 0.3) is 0 Å². The Morgan fingerprint density at radius 2 is 1.86 bits per heavy atom. The van der Waals surface area contributed by atoms with Crippen LogP contribution in [0, 0.1) is 11.3 Å². The summed E-state index contributed by atoms with van der Waals surface area (Å²) in [5.74, 6) is -1.16. The van der Waals surface area contributed by atoms with Gasteiger partial charge in [-0.25, -0.2) is 8.42 Å². The zero-order valence-electron chi connectivity index (χ0n) is 24.2. The number of nitriles is 1. The Morgan fingerprint density at radius 3 is 2.56 bits per heavy atom. The molecule has 1 heterocycles. The lowest BCUT2D eigenvalue weighted by Gasteiger charge is -2.32. The molecule has 0 spiro atoms. The van der Waals surface area contributed by atoms with Gasteiger partial charge in [0.05, 0.1) is 35.5 Å². The predicted octanol–water partition coefficient (Wildman–Crippen LogP) is 5.71. The molecule has 0 radical (unpaired) electrons. The molecule has 226 valence electrons. The van der Waals surface area contributed by atoms with E-state index in [1.807, 2.05) is 12.1 Å². The molecule has 3 aromatic carbocycles. The highest BCUT2D eigenvalue weighted by atomic mass is 35.5. The molecule has 1 aliphatic heterocycles. The molecular formula is C33H36ClN3O5S. The van der Waals surface area contributed by atoms with Crippen LogP contribution in [0.15, 0.2) is 78.9 Å². The fraction of sp³-hybridized carbons (Fsp3) is 0.333. The summed E-state index contributed by atoms with van der Waals surface area (Å²) in [7, 11) is -4.10. The van der Waals surface area contributed by atoms with E-state index in [1.165, 1.54) is 5.56 Å². The third-order valence-corrected chi connectivity index (χ3v) is 9.06. The van der Waals surface area contributed by atoms with Crippen LogP contribution < -0.4 is 9.04 Å². The van der Waals surface area contributed by atoms with Crippen LogP contribution in [0.1, 0.15) is 36.5 Å². The van der Waals surface area contributed by atoms with E-state index < -0.39 is 21.7 Å². The van der Waals surface area contributed by atoms with E-state index in [0.29, 0.717) is 17.0 Å². The standard InChI is InChI=1S/C33H36ClN3O5S/c1-2-41-33(38)25-43(39,40)37(18-7-12-27-10-6-11-28(22-27)24-35)29-13-14-32(31(34)23-29)42-30-16-20-36(21-17-30)19-15-26-8-4-3-5-9-26/h3-14,22-23,30H,2,15-21,25H2,1H3. The number of piperidine rings is 1. The van der Waals surface area contributed by atoms with Crippen molar-refractivity contribution in [3.8, 4) is 11.8 Å². The Labute approximate surface area is 259 Å². The van der Waals surface area contributed by atoms with Gasteiger partial charge in [0.15, 0.2) is 5.75 Å². The number of ether oxygens (including phenoxy) is 2. The highest BCUT2D eigenvalue weighted by Gasteiger charge is 2.27. The maximum absolute atomic E-state index is 13.3. The lowest BCUT2D eigenvalue weighted by molar-refractivity contribution is -0.139. The summed E-state index contributed by atoms with van der Waals surface area (Å²) in [6.07, 6.45) is 6.13. The number of carbonyl (C=O) groups is 1. The van der Waals surface area contributed by atoms with Gasteiger partial charge >= 0.3 is 5.97 Å². The number of hydrogen-bond acceptors (Lipinski definition) is 7. The Hall–Kier alpha value is -3.84. The van der Waals surface area contributed by atoms with Gasteiger partial charge in [-0.1, -0.05) is 66.2 Å². The molecule has 0 aromatic heterocycles. The fourth-order valence-corrected chi connectivity index (χ4v) is 6.41. The molecular weight excluding hydrogens is 586 g/mol. The first-order valence-corrected chi connectivity index (χ1v) is 16.3. The lowest BCUT2D eigenvalue weighted by Crippen LogP contribution is -2.39. The quantitative estimate of drug-likeness (QED) is 0.225. The molecule has 3 aromatic rings. The smallest absolute Gasteiger partial charge is 0.323 e. The maximum Gasteiger partial charge on any atom is 0.323 e. The maximum atomic E-state index is 13.3. The van der Waals surface area contributed by atoms with Gasteiger partial charge in [-0.3, -0.25) is 9.10 Å². The minimum absolute atomic E-state index is 0.00656. The van der Waals surface area contributed by atoms with Gasteiger partial charge < -0.3 is 14.4 Å². The first-order valence-electron chi connectivity index (χ1n) is 14.3. The number of halogens is 1. The average molecular weight is 622 g/mol. The van der Waals surface area contributed by atoms with E-state index in [0.717, 1.165) is 48.8 Å². The van der Waals surface area contributed by atoms with Gasteiger partial charge in [0.1, 0.15) is 11.9 Å². The average Bonchev–Trinajstić information content (AvgIpc) is 3.00. The van der Waals surface area contributed by atoms with Crippen LogP contribution in [-0.4, -0.2) is 63.9 Å². The van der Waals surface area contributed by atoms with Crippen LogP contribution >= 0.6 is 11.6 Å². The number of likely N-dealkylation sites (tertiary alicyclic amines) is 1. The second-order valence-electron chi connectivity index (χ2n) is 10.2.